The van der Waals surface area contributed by atoms with Gasteiger partial charge in [0.2, 0.25) is 0 Å². The van der Waals surface area contributed by atoms with Crippen molar-refractivity contribution in [2.45, 2.75) is 26.3 Å². The maximum absolute atomic E-state index is 8.02. The molecule has 0 radical (unpaired) electrons. The fourth-order valence-electron chi connectivity index (χ4n) is 0. The summed E-state index contributed by atoms with van der Waals surface area (Å²) in [6, 6.07) is -0.0602. The second kappa shape index (κ2) is 10.8. The summed E-state index contributed by atoms with van der Waals surface area (Å²) in [5.41, 5.74) is 5.04. The van der Waals surface area contributed by atoms with Crippen LogP contribution in [-0.4, -0.2) is 29.5 Å². The fourth-order valence-corrected chi connectivity index (χ4v) is 0. The number of rotatable bonds is 2. The second-order valence-corrected chi connectivity index (χ2v) is 1.88. The minimum absolute atomic E-state index is 0.0602. The summed E-state index contributed by atoms with van der Waals surface area (Å²) in [5.74, 6) is 0. The molecule has 0 saturated heterocycles. The van der Waals surface area contributed by atoms with Crippen molar-refractivity contribution in [1.82, 2.24) is 0 Å². The van der Waals surface area contributed by atoms with E-state index >= 15 is 0 Å². The van der Waals surface area contributed by atoms with Crippen molar-refractivity contribution in [3.63, 3.8) is 0 Å². The van der Waals surface area contributed by atoms with Crippen molar-refractivity contribution >= 4 is 0 Å². The topological polar surface area (TPSA) is 66.5 Å². The molecule has 0 spiro atoms. The summed E-state index contributed by atoms with van der Waals surface area (Å²) in [5, 5.41) is 15.9. The zero-order valence-electron chi connectivity index (χ0n) is 6.17. The number of hydrogen-bond acceptors (Lipinski definition) is 3. The van der Waals surface area contributed by atoms with Crippen LogP contribution in [-0.2, 0) is 0 Å². The van der Waals surface area contributed by atoms with Crippen molar-refractivity contribution in [1.29, 1.82) is 0 Å². The van der Waals surface area contributed by atoms with Crippen molar-refractivity contribution < 1.29 is 10.2 Å². The van der Waals surface area contributed by atoms with Gasteiger partial charge < -0.3 is 15.9 Å². The Morgan fingerprint density at radius 2 is 1.67 bits per heavy atom. The molecule has 3 heteroatoms. The van der Waals surface area contributed by atoms with Crippen LogP contribution in [0, 0.1) is 0 Å². The van der Waals surface area contributed by atoms with Gasteiger partial charge in [-0.3, -0.25) is 0 Å². The summed E-state index contributed by atoms with van der Waals surface area (Å²) < 4.78 is 0. The molecule has 0 heterocycles. The van der Waals surface area contributed by atoms with Crippen LogP contribution < -0.4 is 5.73 Å². The van der Waals surface area contributed by atoms with E-state index in [1.165, 1.54) is 0 Å². The Kier molecular flexibility index (Phi) is 14.0. The van der Waals surface area contributed by atoms with Gasteiger partial charge in [0.1, 0.15) is 0 Å². The molecule has 0 aromatic carbocycles. The lowest BCUT2D eigenvalue weighted by molar-refractivity contribution is 0.273. The van der Waals surface area contributed by atoms with Gasteiger partial charge in [-0.2, -0.15) is 0 Å². The Morgan fingerprint density at radius 3 is 1.67 bits per heavy atom. The van der Waals surface area contributed by atoms with Crippen LogP contribution in [0.4, 0.5) is 0 Å². The van der Waals surface area contributed by atoms with Crippen LogP contribution in [0.1, 0.15) is 20.3 Å². The molecule has 4 N–H and O–H groups in total. The Bertz CT molecular complexity index is 38.0. The Morgan fingerprint density at radius 1 is 1.44 bits per heavy atom. The molecule has 0 rings (SSSR count). The van der Waals surface area contributed by atoms with E-state index in [0.717, 1.165) is 6.42 Å². The molecular formula is C6H17NO2. The molecule has 0 fully saturated rings. The van der Waals surface area contributed by atoms with Crippen molar-refractivity contribution in [3.05, 3.63) is 0 Å². The number of aliphatic hydroxyl groups is 2. The third-order valence-corrected chi connectivity index (χ3v) is 0.512. The van der Waals surface area contributed by atoms with Gasteiger partial charge in [-0.15, -0.1) is 0 Å². The van der Waals surface area contributed by atoms with E-state index in [1.54, 1.807) is 6.92 Å². The molecule has 1 unspecified atom stereocenters. The highest BCUT2D eigenvalue weighted by Gasteiger charge is 1.81. The van der Waals surface area contributed by atoms with Gasteiger partial charge in [0.25, 0.3) is 0 Å². The first-order chi connectivity index (χ1) is 4.18. The second-order valence-electron chi connectivity index (χ2n) is 1.88. The molecular weight excluding hydrogens is 118 g/mol. The van der Waals surface area contributed by atoms with Gasteiger partial charge in [0.15, 0.2) is 0 Å². The molecule has 0 aliphatic rings. The molecule has 0 aliphatic heterocycles. The SMILES string of the molecule is CC(N)CO.CCCO. The van der Waals surface area contributed by atoms with E-state index < -0.39 is 0 Å². The summed E-state index contributed by atoms with van der Waals surface area (Å²) >= 11 is 0. The highest BCUT2D eigenvalue weighted by molar-refractivity contribution is 4.43. The maximum Gasteiger partial charge on any atom is 0.0579 e. The Labute approximate surface area is 56.5 Å². The fraction of sp³-hybridized carbons (Fsp3) is 1.00. The molecule has 0 aliphatic carbocycles. The highest BCUT2D eigenvalue weighted by atomic mass is 16.3. The predicted molar refractivity (Wildman–Crippen MR) is 38.1 cm³/mol. The largest absolute Gasteiger partial charge is 0.396 e. The molecule has 0 bridgehead atoms. The van der Waals surface area contributed by atoms with E-state index in [0.29, 0.717) is 6.61 Å². The molecule has 9 heavy (non-hydrogen) atoms. The standard InChI is InChI=1S/C3H9NO.C3H8O/c1-3(4)2-5;1-2-3-4/h3,5H,2,4H2,1H3;4H,2-3H2,1H3. The van der Waals surface area contributed by atoms with E-state index in [9.17, 15) is 0 Å². The first kappa shape index (κ1) is 11.6. The molecule has 1 atom stereocenters. The van der Waals surface area contributed by atoms with Gasteiger partial charge >= 0.3 is 0 Å². The molecule has 3 nitrogen and oxygen atoms in total. The summed E-state index contributed by atoms with van der Waals surface area (Å²) in [6.45, 7) is 4.08. The number of aliphatic hydroxyl groups excluding tert-OH is 2. The van der Waals surface area contributed by atoms with Crippen molar-refractivity contribution in [2.24, 2.45) is 5.73 Å². The maximum atomic E-state index is 8.02. The quantitative estimate of drug-likeness (QED) is 0.487. The highest BCUT2D eigenvalue weighted by Crippen LogP contribution is 1.62. The Hall–Kier alpha value is -0.120. The lowest BCUT2D eigenvalue weighted by atomic mass is 10.4. The number of nitrogens with two attached hydrogens (primary N) is 1. The van der Waals surface area contributed by atoms with Gasteiger partial charge in [-0.25, -0.2) is 0 Å². The molecule has 0 saturated carbocycles. The minimum Gasteiger partial charge on any atom is -0.396 e. The zero-order chi connectivity index (χ0) is 7.70. The average molecular weight is 135 g/mol. The van der Waals surface area contributed by atoms with Crippen molar-refractivity contribution in [3.8, 4) is 0 Å². The zero-order valence-corrected chi connectivity index (χ0v) is 6.17. The first-order valence-electron chi connectivity index (χ1n) is 3.16. The predicted octanol–water partition coefficient (Wildman–Crippen LogP) is -0.285. The van der Waals surface area contributed by atoms with Crippen LogP contribution in [0.15, 0.2) is 0 Å². The smallest absolute Gasteiger partial charge is 0.0579 e. The normalized spacial score (nSPS) is 11.7. The summed E-state index contributed by atoms with van der Waals surface area (Å²) in [7, 11) is 0. The minimum atomic E-state index is -0.0602. The lowest BCUT2D eigenvalue weighted by Gasteiger charge is -1.91. The third kappa shape index (κ3) is 32.8. The first-order valence-corrected chi connectivity index (χ1v) is 3.16. The van der Waals surface area contributed by atoms with Crippen LogP contribution in [0.25, 0.3) is 0 Å². The van der Waals surface area contributed by atoms with Crippen molar-refractivity contribution in [2.75, 3.05) is 13.2 Å². The third-order valence-electron chi connectivity index (χ3n) is 0.512. The van der Waals surface area contributed by atoms with E-state index in [4.69, 9.17) is 15.9 Å². The van der Waals surface area contributed by atoms with Crippen LogP contribution in [0.3, 0.4) is 0 Å². The Balaban J connectivity index is 0. The summed E-state index contributed by atoms with van der Waals surface area (Å²) in [6.07, 6.45) is 0.875. The van der Waals surface area contributed by atoms with E-state index in [2.05, 4.69) is 0 Å². The van der Waals surface area contributed by atoms with E-state index in [-0.39, 0.29) is 12.6 Å². The molecule has 0 aromatic rings. The summed E-state index contributed by atoms with van der Waals surface area (Å²) in [4.78, 5) is 0. The molecule has 0 amide bonds. The average Bonchev–Trinajstić information content (AvgIpc) is 1.89. The number of hydrogen-bond donors (Lipinski definition) is 3. The molecule has 58 valence electrons. The van der Waals surface area contributed by atoms with Gasteiger partial charge in [0, 0.05) is 12.6 Å². The van der Waals surface area contributed by atoms with Crippen LogP contribution in [0.2, 0.25) is 0 Å². The van der Waals surface area contributed by atoms with E-state index in [1.807, 2.05) is 6.92 Å². The lowest BCUT2D eigenvalue weighted by Crippen LogP contribution is -2.18. The van der Waals surface area contributed by atoms with Gasteiger partial charge in [0.05, 0.1) is 6.61 Å². The molecule has 0 aromatic heterocycles. The van der Waals surface area contributed by atoms with Crippen LogP contribution in [0.5, 0.6) is 0 Å². The monoisotopic (exact) mass is 135 g/mol. The van der Waals surface area contributed by atoms with Gasteiger partial charge in [-0.1, -0.05) is 6.92 Å². The van der Waals surface area contributed by atoms with Crippen LogP contribution >= 0.6 is 0 Å². The van der Waals surface area contributed by atoms with Gasteiger partial charge in [-0.05, 0) is 13.3 Å².